The zero-order valence-electron chi connectivity index (χ0n) is 14.7. The minimum absolute atomic E-state index is 0.00971. The van der Waals surface area contributed by atoms with Crippen LogP contribution in [0.4, 0.5) is 18.9 Å². The van der Waals surface area contributed by atoms with Crippen LogP contribution in [0, 0.1) is 12.8 Å². The second-order valence-corrected chi connectivity index (χ2v) is 6.71. The lowest BCUT2D eigenvalue weighted by Crippen LogP contribution is -2.21. The summed E-state index contributed by atoms with van der Waals surface area (Å²) in [5.41, 5.74) is 1.17. The van der Waals surface area contributed by atoms with Crippen LogP contribution < -0.4 is 10.6 Å². The van der Waals surface area contributed by atoms with E-state index in [2.05, 4.69) is 15.6 Å². The Morgan fingerprint density at radius 2 is 2.07 bits per heavy atom. The number of carbonyl (C=O) groups is 1. The molecule has 144 valence electrons. The average molecular weight is 379 g/mol. The number of anilines is 1. The number of pyridine rings is 1. The minimum Gasteiger partial charge on any atom is -0.396 e. The number of amides is 1. The summed E-state index contributed by atoms with van der Waals surface area (Å²) >= 11 is 0. The Morgan fingerprint density at radius 3 is 2.78 bits per heavy atom. The normalized spacial score (nSPS) is 19.9. The second-order valence-electron chi connectivity index (χ2n) is 6.71. The summed E-state index contributed by atoms with van der Waals surface area (Å²) in [6.07, 6.45) is -2.65. The zero-order valence-corrected chi connectivity index (χ0v) is 14.7. The van der Waals surface area contributed by atoms with E-state index in [0.29, 0.717) is 24.8 Å². The summed E-state index contributed by atoms with van der Waals surface area (Å²) in [4.78, 5) is 16.3. The number of carbonyl (C=O) groups excluding carboxylic acids is 1. The number of rotatable bonds is 4. The van der Waals surface area contributed by atoms with Gasteiger partial charge in [-0.2, -0.15) is 13.2 Å². The Hall–Kier alpha value is -2.45. The van der Waals surface area contributed by atoms with Crippen LogP contribution in [0.5, 0.6) is 0 Å². The Labute approximate surface area is 154 Å². The number of aryl methyl sites for hydroxylation is 1. The standard InChI is InChI=1S/C19H20F3N3O2/c1-11-2-3-15(16(4-11)17-9-23-6-12(17)10-26)18(27)25-14-5-13(7-24-8-14)19(20,21)22/h2-5,7-8,12,17,23,26H,6,9-10H2,1H3,(H,25,27)/t12-,17+/m0/s1. The first-order valence-corrected chi connectivity index (χ1v) is 8.55. The molecule has 0 unspecified atom stereocenters. The molecule has 1 aliphatic rings. The first kappa shape index (κ1) is 19.3. The number of aromatic nitrogens is 1. The van der Waals surface area contributed by atoms with Crippen LogP contribution in [0.25, 0.3) is 0 Å². The number of hydrogen-bond acceptors (Lipinski definition) is 4. The van der Waals surface area contributed by atoms with Gasteiger partial charge in [0.15, 0.2) is 0 Å². The maximum absolute atomic E-state index is 12.8. The van der Waals surface area contributed by atoms with Crippen molar-refractivity contribution in [1.82, 2.24) is 10.3 Å². The molecule has 1 aromatic heterocycles. The number of halogens is 3. The Morgan fingerprint density at radius 1 is 1.30 bits per heavy atom. The zero-order chi connectivity index (χ0) is 19.6. The van der Waals surface area contributed by atoms with Crippen LogP contribution in [0.2, 0.25) is 0 Å². The van der Waals surface area contributed by atoms with Crippen molar-refractivity contribution >= 4 is 11.6 Å². The molecule has 2 aromatic rings. The van der Waals surface area contributed by atoms with E-state index in [0.717, 1.165) is 17.2 Å². The molecule has 3 rings (SSSR count). The highest BCUT2D eigenvalue weighted by atomic mass is 19.4. The van der Waals surface area contributed by atoms with E-state index in [9.17, 15) is 23.1 Å². The fraction of sp³-hybridized carbons (Fsp3) is 0.368. The number of nitrogens with zero attached hydrogens (tertiary/aromatic N) is 1. The summed E-state index contributed by atoms with van der Waals surface area (Å²) in [6.45, 7) is 3.16. The molecule has 1 saturated heterocycles. The lowest BCUT2D eigenvalue weighted by molar-refractivity contribution is -0.137. The molecule has 1 fully saturated rings. The van der Waals surface area contributed by atoms with Crippen molar-refractivity contribution in [3.8, 4) is 0 Å². The molecule has 0 aliphatic carbocycles. The largest absolute Gasteiger partial charge is 0.417 e. The van der Waals surface area contributed by atoms with E-state index >= 15 is 0 Å². The van der Waals surface area contributed by atoms with Gasteiger partial charge < -0.3 is 15.7 Å². The van der Waals surface area contributed by atoms with E-state index in [1.165, 1.54) is 6.20 Å². The van der Waals surface area contributed by atoms with E-state index in [1.54, 1.807) is 12.1 Å². The van der Waals surface area contributed by atoms with Gasteiger partial charge in [-0.1, -0.05) is 17.7 Å². The average Bonchev–Trinajstić information content (AvgIpc) is 3.09. The van der Waals surface area contributed by atoms with Gasteiger partial charge in [0, 0.05) is 43.3 Å². The lowest BCUT2D eigenvalue weighted by atomic mass is 9.85. The van der Waals surface area contributed by atoms with Gasteiger partial charge in [0.05, 0.1) is 17.4 Å². The van der Waals surface area contributed by atoms with Gasteiger partial charge in [0.2, 0.25) is 0 Å². The quantitative estimate of drug-likeness (QED) is 0.764. The van der Waals surface area contributed by atoms with Crippen LogP contribution in [0.15, 0.2) is 36.7 Å². The van der Waals surface area contributed by atoms with Crippen LogP contribution in [-0.4, -0.2) is 35.7 Å². The Bertz CT molecular complexity index is 839. The molecule has 0 bridgehead atoms. The van der Waals surface area contributed by atoms with E-state index < -0.39 is 17.6 Å². The summed E-state index contributed by atoms with van der Waals surface area (Å²) in [7, 11) is 0. The number of alkyl halides is 3. The molecular formula is C19H20F3N3O2. The molecule has 2 atom stereocenters. The molecule has 8 heteroatoms. The van der Waals surface area contributed by atoms with Gasteiger partial charge in [0.1, 0.15) is 0 Å². The molecule has 2 heterocycles. The predicted octanol–water partition coefficient (Wildman–Crippen LogP) is 2.96. The Kier molecular flexibility index (Phi) is 5.48. The van der Waals surface area contributed by atoms with Crippen molar-refractivity contribution in [3.05, 3.63) is 58.9 Å². The van der Waals surface area contributed by atoms with Gasteiger partial charge in [0.25, 0.3) is 5.91 Å². The maximum atomic E-state index is 12.8. The third-order valence-corrected chi connectivity index (χ3v) is 4.75. The maximum Gasteiger partial charge on any atom is 0.417 e. The van der Waals surface area contributed by atoms with Gasteiger partial charge in [-0.3, -0.25) is 9.78 Å². The van der Waals surface area contributed by atoms with Crippen molar-refractivity contribution in [2.45, 2.75) is 19.0 Å². The Balaban J connectivity index is 1.89. The van der Waals surface area contributed by atoms with Gasteiger partial charge in [-0.05, 0) is 24.6 Å². The van der Waals surface area contributed by atoms with Gasteiger partial charge in [-0.25, -0.2) is 0 Å². The van der Waals surface area contributed by atoms with Crippen molar-refractivity contribution < 1.29 is 23.1 Å². The third kappa shape index (κ3) is 4.28. The summed E-state index contributed by atoms with van der Waals surface area (Å²) in [5, 5.41) is 15.3. The van der Waals surface area contributed by atoms with Crippen molar-refractivity contribution in [3.63, 3.8) is 0 Å². The van der Waals surface area contributed by atoms with Crippen LogP contribution >= 0.6 is 0 Å². The van der Waals surface area contributed by atoms with Crippen molar-refractivity contribution in [2.24, 2.45) is 5.92 Å². The van der Waals surface area contributed by atoms with E-state index in [4.69, 9.17) is 0 Å². The number of hydrogen-bond donors (Lipinski definition) is 3. The highest BCUT2D eigenvalue weighted by Crippen LogP contribution is 2.32. The number of aliphatic hydroxyl groups is 1. The number of aliphatic hydroxyl groups excluding tert-OH is 1. The SMILES string of the molecule is Cc1ccc(C(=O)Nc2cncc(C(F)(F)F)c2)c([C@@H]2CNC[C@H]2CO)c1. The molecule has 0 radical (unpaired) electrons. The smallest absolute Gasteiger partial charge is 0.396 e. The summed E-state index contributed by atoms with van der Waals surface area (Å²) < 4.78 is 38.5. The molecule has 5 nitrogen and oxygen atoms in total. The minimum atomic E-state index is -4.54. The van der Waals surface area contributed by atoms with E-state index in [-0.39, 0.29) is 24.1 Å². The highest BCUT2D eigenvalue weighted by molar-refractivity contribution is 6.05. The number of nitrogens with one attached hydrogen (secondary N) is 2. The third-order valence-electron chi connectivity index (χ3n) is 4.75. The molecule has 3 N–H and O–H groups in total. The fourth-order valence-corrected chi connectivity index (χ4v) is 3.35. The molecule has 1 aromatic carbocycles. The van der Waals surface area contributed by atoms with Crippen molar-refractivity contribution in [2.75, 3.05) is 25.0 Å². The number of benzene rings is 1. The molecule has 1 amide bonds. The van der Waals surface area contributed by atoms with Crippen molar-refractivity contribution in [1.29, 1.82) is 0 Å². The first-order valence-electron chi connectivity index (χ1n) is 8.55. The van der Waals surface area contributed by atoms with Crippen LogP contribution in [0.1, 0.15) is 33.0 Å². The van der Waals surface area contributed by atoms with Gasteiger partial charge in [-0.15, -0.1) is 0 Å². The molecule has 1 aliphatic heterocycles. The van der Waals surface area contributed by atoms with Gasteiger partial charge >= 0.3 is 6.18 Å². The van der Waals surface area contributed by atoms with E-state index in [1.807, 2.05) is 13.0 Å². The molecule has 0 saturated carbocycles. The summed E-state index contributed by atoms with van der Waals surface area (Å²) in [6, 6.07) is 6.18. The molecule has 27 heavy (non-hydrogen) atoms. The monoisotopic (exact) mass is 379 g/mol. The van der Waals surface area contributed by atoms with Crippen LogP contribution in [0.3, 0.4) is 0 Å². The first-order chi connectivity index (χ1) is 12.8. The van der Waals surface area contributed by atoms with Crippen LogP contribution in [-0.2, 0) is 6.18 Å². The predicted molar refractivity (Wildman–Crippen MR) is 94.6 cm³/mol. The molecule has 0 spiro atoms. The fourth-order valence-electron chi connectivity index (χ4n) is 3.35. The molecular weight excluding hydrogens is 359 g/mol. The highest BCUT2D eigenvalue weighted by Gasteiger charge is 2.32. The second kappa shape index (κ2) is 7.66. The topological polar surface area (TPSA) is 74.2 Å². The lowest BCUT2D eigenvalue weighted by Gasteiger charge is -2.20. The summed E-state index contributed by atoms with van der Waals surface area (Å²) in [5.74, 6) is -0.571.